The number of rotatable bonds is 1. The molecule has 0 amide bonds. The van der Waals surface area contributed by atoms with Crippen LogP contribution in [0.3, 0.4) is 0 Å². The molecule has 1 aliphatic carbocycles. The quantitative estimate of drug-likeness (QED) is 0.583. The molecule has 1 aliphatic heterocycles. The van der Waals surface area contributed by atoms with E-state index in [4.69, 9.17) is 0 Å². The zero-order valence-electron chi connectivity index (χ0n) is 9.06. The number of hydrogen-bond acceptors (Lipinski definition) is 1. The Bertz CT molecular complexity index is 128. The van der Waals surface area contributed by atoms with Gasteiger partial charge in [-0.05, 0) is 31.2 Å². The van der Waals surface area contributed by atoms with Crippen molar-refractivity contribution in [2.45, 2.75) is 40.0 Å². The average Bonchev–Trinajstić information content (AvgIpc) is 1.98. The van der Waals surface area contributed by atoms with Crippen LogP contribution in [-0.4, -0.2) is 25.0 Å². The Balaban J connectivity index is 0.000000336. The van der Waals surface area contributed by atoms with Crippen molar-refractivity contribution in [1.82, 2.24) is 4.90 Å². The fourth-order valence-electron chi connectivity index (χ4n) is 2.81. The molecule has 72 valence electrons. The lowest BCUT2D eigenvalue weighted by Gasteiger charge is -2.58. The van der Waals surface area contributed by atoms with Crippen LogP contribution in [0.25, 0.3) is 0 Å². The minimum absolute atomic E-state index is 0.815. The zero-order chi connectivity index (χ0) is 9.19. The summed E-state index contributed by atoms with van der Waals surface area (Å²) >= 11 is 0. The summed E-state index contributed by atoms with van der Waals surface area (Å²) in [5, 5.41) is 0. The molecule has 2 rings (SSSR count). The molecule has 0 bridgehead atoms. The maximum atomic E-state index is 2.44. The maximum absolute atomic E-state index is 2.44. The summed E-state index contributed by atoms with van der Waals surface area (Å²) in [7, 11) is 2.23. The molecule has 1 spiro atoms. The maximum Gasteiger partial charge on any atom is 0.00476 e. The van der Waals surface area contributed by atoms with Crippen molar-refractivity contribution in [3.8, 4) is 0 Å². The van der Waals surface area contributed by atoms with Gasteiger partial charge in [-0.15, -0.1) is 0 Å². The van der Waals surface area contributed by atoms with Crippen molar-refractivity contribution in [2.24, 2.45) is 11.3 Å². The summed E-state index contributed by atoms with van der Waals surface area (Å²) in [6, 6.07) is 0. The van der Waals surface area contributed by atoms with E-state index in [0.29, 0.717) is 0 Å². The molecule has 2 fully saturated rings. The van der Waals surface area contributed by atoms with E-state index < -0.39 is 0 Å². The first-order valence-corrected chi connectivity index (χ1v) is 5.43. The van der Waals surface area contributed by atoms with Gasteiger partial charge in [0.15, 0.2) is 0 Å². The Morgan fingerprint density at radius 3 is 2.08 bits per heavy atom. The molecule has 0 radical (unpaired) electrons. The van der Waals surface area contributed by atoms with Crippen LogP contribution in [0.4, 0.5) is 0 Å². The van der Waals surface area contributed by atoms with E-state index in [9.17, 15) is 0 Å². The van der Waals surface area contributed by atoms with Crippen LogP contribution >= 0.6 is 0 Å². The predicted octanol–water partition coefficient (Wildman–Crippen LogP) is 2.76. The summed E-state index contributed by atoms with van der Waals surface area (Å²) in [5.74, 6) is 1.08. The summed E-state index contributed by atoms with van der Waals surface area (Å²) in [6.07, 6.45) is 4.45. The smallest absolute Gasteiger partial charge is 0.00476 e. The van der Waals surface area contributed by atoms with Gasteiger partial charge in [-0.2, -0.15) is 0 Å². The molecule has 1 heteroatoms. The van der Waals surface area contributed by atoms with Crippen molar-refractivity contribution in [3.05, 3.63) is 0 Å². The Hall–Kier alpha value is -0.0400. The molecule has 0 aromatic carbocycles. The lowest BCUT2D eigenvalue weighted by atomic mass is 9.57. The average molecular weight is 169 g/mol. The Morgan fingerprint density at radius 2 is 1.75 bits per heavy atom. The number of nitrogens with zero attached hydrogens (tertiary/aromatic N) is 1. The molecule has 0 unspecified atom stereocenters. The van der Waals surface area contributed by atoms with Gasteiger partial charge in [0, 0.05) is 13.1 Å². The Morgan fingerprint density at radius 1 is 1.25 bits per heavy atom. The standard InChI is InChI=1S/C9H17N.C2H6/c1-3-8-4-9(5-8)6-10(2)7-9;1-2/h8H,3-7H2,1-2H3;1-2H3. The second kappa shape index (κ2) is 3.78. The SMILES string of the molecule is CC.CCC1CC2(C1)CN(C)C2. The third kappa shape index (κ3) is 1.66. The summed E-state index contributed by atoms with van der Waals surface area (Å²) in [4.78, 5) is 2.44. The monoisotopic (exact) mass is 169 g/mol. The van der Waals surface area contributed by atoms with E-state index in [1.807, 2.05) is 13.8 Å². The second-order valence-electron chi connectivity index (χ2n) is 4.35. The van der Waals surface area contributed by atoms with E-state index in [2.05, 4.69) is 18.9 Å². The number of likely N-dealkylation sites (tertiary alicyclic amines) is 1. The van der Waals surface area contributed by atoms with Gasteiger partial charge in [0.25, 0.3) is 0 Å². The van der Waals surface area contributed by atoms with Crippen LogP contribution in [0.1, 0.15) is 40.0 Å². The molecular weight excluding hydrogens is 146 g/mol. The summed E-state index contributed by atoms with van der Waals surface area (Å²) in [5.41, 5.74) is 0.815. The highest BCUT2D eigenvalue weighted by atomic mass is 15.2. The molecule has 1 saturated heterocycles. The Kier molecular flexibility index (Phi) is 3.16. The first kappa shape index (κ1) is 10.0. The molecule has 1 heterocycles. The van der Waals surface area contributed by atoms with Gasteiger partial charge < -0.3 is 4.90 Å². The third-order valence-electron chi connectivity index (χ3n) is 3.23. The number of hydrogen-bond donors (Lipinski definition) is 0. The van der Waals surface area contributed by atoms with Crippen LogP contribution in [0.15, 0.2) is 0 Å². The molecule has 0 atom stereocenters. The summed E-state index contributed by atoms with van der Waals surface area (Å²) in [6.45, 7) is 9.08. The van der Waals surface area contributed by atoms with Gasteiger partial charge in [-0.1, -0.05) is 27.2 Å². The molecule has 2 aliphatic rings. The van der Waals surface area contributed by atoms with E-state index in [-0.39, 0.29) is 0 Å². The molecule has 12 heavy (non-hydrogen) atoms. The fraction of sp³-hybridized carbons (Fsp3) is 1.00. The third-order valence-corrected chi connectivity index (χ3v) is 3.23. The fourth-order valence-corrected chi connectivity index (χ4v) is 2.81. The van der Waals surface area contributed by atoms with Crippen molar-refractivity contribution >= 4 is 0 Å². The Labute approximate surface area is 77.1 Å². The first-order chi connectivity index (χ1) is 5.74. The predicted molar refractivity (Wildman–Crippen MR) is 54.3 cm³/mol. The summed E-state index contributed by atoms with van der Waals surface area (Å²) < 4.78 is 0. The lowest BCUT2D eigenvalue weighted by molar-refractivity contribution is -0.0821. The van der Waals surface area contributed by atoms with Crippen molar-refractivity contribution in [2.75, 3.05) is 20.1 Å². The second-order valence-corrected chi connectivity index (χ2v) is 4.35. The van der Waals surface area contributed by atoms with Crippen LogP contribution in [0.5, 0.6) is 0 Å². The van der Waals surface area contributed by atoms with Gasteiger partial charge in [0.05, 0.1) is 0 Å². The van der Waals surface area contributed by atoms with Gasteiger partial charge in [0.2, 0.25) is 0 Å². The highest BCUT2D eigenvalue weighted by Crippen LogP contribution is 2.52. The normalized spacial score (nSPS) is 27.0. The molecule has 0 aromatic heterocycles. The molecule has 1 nitrogen and oxygen atoms in total. The minimum Gasteiger partial charge on any atom is -0.305 e. The molecular formula is C11H23N. The van der Waals surface area contributed by atoms with Gasteiger partial charge >= 0.3 is 0 Å². The van der Waals surface area contributed by atoms with E-state index in [1.165, 1.54) is 32.4 Å². The first-order valence-electron chi connectivity index (χ1n) is 5.43. The van der Waals surface area contributed by atoms with E-state index in [0.717, 1.165) is 11.3 Å². The van der Waals surface area contributed by atoms with Gasteiger partial charge in [0.1, 0.15) is 0 Å². The van der Waals surface area contributed by atoms with Crippen molar-refractivity contribution in [1.29, 1.82) is 0 Å². The van der Waals surface area contributed by atoms with Gasteiger partial charge in [-0.25, -0.2) is 0 Å². The highest BCUT2D eigenvalue weighted by molar-refractivity contribution is 5.02. The largest absolute Gasteiger partial charge is 0.305 e. The molecule has 0 N–H and O–H groups in total. The van der Waals surface area contributed by atoms with Gasteiger partial charge in [-0.3, -0.25) is 0 Å². The van der Waals surface area contributed by atoms with Crippen LogP contribution < -0.4 is 0 Å². The van der Waals surface area contributed by atoms with Crippen LogP contribution in [0, 0.1) is 11.3 Å². The van der Waals surface area contributed by atoms with Crippen LogP contribution in [0.2, 0.25) is 0 Å². The zero-order valence-corrected chi connectivity index (χ0v) is 9.06. The van der Waals surface area contributed by atoms with Crippen molar-refractivity contribution < 1.29 is 0 Å². The molecule has 1 saturated carbocycles. The topological polar surface area (TPSA) is 3.24 Å². The lowest BCUT2D eigenvalue weighted by Crippen LogP contribution is -2.60. The highest BCUT2D eigenvalue weighted by Gasteiger charge is 2.49. The van der Waals surface area contributed by atoms with E-state index in [1.54, 1.807) is 0 Å². The van der Waals surface area contributed by atoms with Crippen LogP contribution in [-0.2, 0) is 0 Å². The van der Waals surface area contributed by atoms with E-state index >= 15 is 0 Å². The minimum atomic E-state index is 0.815. The van der Waals surface area contributed by atoms with Crippen molar-refractivity contribution in [3.63, 3.8) is 0 Å². The molecule has 0 aromatic rings.